The van der Waals surface area contributed by atoms with Crippen molar-refractivity contribution in [2.75, 3.05) is 7.11 Å². The SMILES string of the molecule is C=C(C)C(=O)c1ccc(C)c(C)c1OC. The van der Waals surface area contributed by atoms with Crippen LogP contribution in [-0.4, -0.2) is 12.9 Å². The van der Waals surface area contributed by atoms with Crippen molar-refractivity contribution in [1.29, 1.82) is 0 Å². The molecule has 2 heteroatoms. The lowest BCUT2D eigenvalue weighted by Gasteiger charge is -2.12. The second-order valence-corrected chi connectivity index (χ2v) is 3.70. The van der Waals surface area contributed by atoms with Crippen molar-refractivity contribution < 1.29 is 9.53 Å². The maximum atomic E-state index is 11.8. The molecule has 0 saturated carbocycles. The van der Waals surface area contributed by atoms with Gasteiger partial charge in [-0.25, -0.2) is 0 Å². The first kappa shape index (κ1) is 11.5. The molecule has 0 aromatic heterocycles. The van der Waals surface area contributed by atoms with Crippen molar-refractivity contribution in [2.45, 2.75) is 20.8 Å². The van der Waals surface area contributed by atoms with Crippen molar-refractivity contribution in [2.24, 2.45) is 0 Å². The largest absolute Gasteiger partial charge is 0.496 e. The number of carbonyl (C=O) groups is 1. The molecule has 80 valence electrons. The van der Waals surface area contributed by atoms with Crippen molar-refractivity contribution in [1.82, 2.24) is 0 Å². The molecule has 1 aromatic rings. The summed E-state index contributed by atoms with van der Waals surface area (Å²) in [6, 6.07) is 3.71. The van der Waals surface area contributed by atoms with Crippen LogP contribution in [0.25, 0.3) is 0 Å². The number of rotatable bonds is 3. The molecule has 0 aliphatic carbocycles. The fourth-order valence-electron chi connectivity index (χ4n) is 1.46. The van der Waals surface area contributed by atoms with E-state index in [1.54, 1.807) is 20.1 Å². The van der Waals surface area contributed by atoms with Gasteiger partial charge in [-0.15, -0.1) is 0 Å². The topological polar surface area (TPSA) is 26.3 Å². The Labute approximate surface area is 90.6 Å². The minimum Gasteiger partial charge on any atom is -0.496 e. The first-order chi connectivity index (χ1) is 6.99. The van der Waals surface area contributed by atoms with Crippen LogP contribution in [0.2, 0.25) is 0 Å². The molecule has 0 fully saturated rings. The number of benzene rings is 1. The summed E-state index contributed by atoms with van der Waals surface area (Å²) in [6.45, 7) is 9.30. The number of ether oxygens (including phenoxy) is 1. The van der Waals surface area contributed by atoms with Gasteiger partial charge >= 0.3 is 0 Å². The van der Waals surface area contributed by atoms with E-state index in [0.29, 0.717) is 16.9 Å². The molecule has 2 nitrogen and oxygen atoms in total. The highest BCUT2D eigenvalue weighted by molar-refractivity contribution is 6.10. The van der Waals surface area contributed by atoms with Gasteiger partial charge in [0, 0.05) is 0 Å². The molecule has 0 bridgehead atoms. The molecular weight excluding hydrogens is 188 g/mol. The van der Waals surface area contributed by atoms with Crippen LogP contribution in [0.3, 0.4) is 0 Å². The van der Waals surface area contributed by atoms with Crippen molar-refractivity contribution in [3.8, 4) is 5.75 Å². The van der Waals surface area contributed by atoms with Gasteiger partial charge < -0.3 is 4.74 Å². The third kappa shape index (κ3) is 2.09. The second-order valence-electron chi connectivity index (χ2n) is 3.70. The summed E-state index contributed by atoms with van der Waals surface area (Å²) in [6.07, 6.45) is 0. The Kier molecular flexibility index (Phi) is 3.30. The molecule has 15 heavy (non-hydrogen) atoms. The van der Waals surface area contributed by atoms with Crippen LogP contribution in [-0.2, 0) is 0 Å². The number of carbonyl (C=O) groups excluding carboxylic acids is 1. The number of aryl methyl sites for hydroxylation is 1. The van der Waals surface area contributed by atoms with E-state index in [9.17, 15) is 4.79 Å². The maximum absolute atomic E-state index is 11.8. The Hall–Kier alpha value is -1.57. The van der Waals surface area contributed by atoms with Crippen LogP contribution >= 0.6 is 0 Å². The molecule has 0 aliphatic rings. The van der Waals surface area contributed by atoms with E-state index in [2.05, 4.69) is 6.58 Å². The first-order valence-electron chi connectivity index (χ1n) is 4.83. The average Bonchev–Trinajstić information content (AvgIpc) is 2.20. The van der Waals surface area contributed by atoms with Gasteiger partial charge in [-0.05, 0) is 43.5 Å². The second kappa shape index (κ2) is 4.30. The predicted molar refractivity (Wildman–Crippen MR) is 61.6 cm³/mol. The zero-order chi connectivity index (χ0) is 11.6. The molecule has 0 atom stereocenters. The van der Waals surface area contributed by atoms with Gasteiger partial charge in [0.05, 0.1) is 12.7 Å². The molecule has 0 amide bonds. The highest BCUT2D eigenvalue weighted by Gasteiger charge is 2.15. The zero-order valence-corrected chi connectivity index (χ0v) is 9.68. The van der Waals surface area contributed by atoms with E-state index in [-0.39, 0.29) is 5.78 Å². The first-order valence-corrected chi connectivity index (χ1v) is 4.83. The van der Waals surface area contributed by atoms with Gasteiger partial charge in [0.1, 0.15) is 5.75 Å². The number of hydrogen-bond donors (Lipinski definition) is 0. The summed E-state index contributed by atoms with van der Waals surface area (Å²) in [7, 11) is 1.58. The van der Waals surface area contributed by atoms with Crippen LogP contribution in [0.5, 0.6) is 5.75 Å². The number of allylic oxidation sites excluding steroid dienone is 1. The Balaban J connectivity index is 3.37. The fraction of sp³-hybridized carbons (Fsp3) is 0.308. The lowest BCUT2D eigenvalue weighted by atomic mass is 9.99. The molecule has 0 aliphatic heterocycles. The van der Waals surface area contributed by atoms with Gasteiger partial charge in [-0.2, -0.15) is 0 Å². The minimum absolute atomic E-state index is 0.0602. The van der Waals surface area contributed by atoms with Gasteiger partial charge in [0.15, 0.2) is 5.78 Å². The Morgan fingerprint density at radius 1 is 1.33 bits per heavy atom. The van der Waals surface area contributed by atoms with E-state index < -0.39 is 0 Å². The van der Waals surface area contributed by atoms with E-state index >= 15 is 0 Å². The fourth-order valence-corrected chi connectivity index (χ4v) is 1.46. The highest BCUT2D eigenvalue weighted by Crippen LogP contribution is 2.27. The van der Waals surface area contributed by atoms with Crippen LogP contribution in [0.4, 0.5) is 0 Å². The predicted octanol–water partition coefficient (Wildman–Crippen LogP) is 3.07. The number of ketones is 1. The van der Waals surface area contributed by atoms with Crippen LogP contribution < -0.4 is 4.74 Å². The standard InChI is InChI=1S/C13H16O2/c1-8(2)12(14)11-7-6-9(3)10(4)13(11)15-5/h6-7H,1H2,2-5H3. The van der Waals surface area contributed by atoms with E-state index in [4.69, 9.17) is 4.74 Å². The summed E-state index contributed by atoms with van der Waals surface area (Å²) < 4.78 is 5.27. The van der Waals surface area contributed by atoms with Crippen molar-refractivity contribution in [3.63, 3.8) is 0 Å². The molecular formula is C13H16O2. The zero-order valence-electron chi connectivity index (χ0n) is 9.68. The quantitative estimate of drug-likeness (QED) is 0.558. The Bertz CT molecular complexity index is 417. The summed E-state index contributed by atoms with van der Waals surface area (Å²) in [4.78, 5) is 11.8. The molecule has 0 N–H and O–H groups in total. The van der Waals surface area contributed by atoms with Crippen LogP contribution in [0, 0.1) is 13.8 Å². The molecule has 1 rings (SSSR count). The lowest BCUT2D eigenvalue weighted by molar-refractivity contribution is 0.103. The normalized spacial score (nSPS) is 9.87. The van der Waals surface area contributed by atoms with Crippen LogP contribution in [0.1, 0.15) is 28.4 Å². The number of hydrogen-bond acceptors (Lipinski definition) is 2. The molecule has 1 aromatic carbocycles. The maximum Gasteiger partial charge on any atom is 0.191 e. The summed E-state index contributed by atoms with van der Waals surface area (Å²) in [5, 5.41) is 0. The average molecular weight is 204 g/mol. The van der Waals surface area contributed by atoms with Gasteiger partial charge in [-0.1, -0.05) is 12.6 Å². The summed E-state index contributed by atoms with van der Waals surface area (Å²) in [5.41, 5.74) is 3.24. The van der Waals surface area contributed by atoms with Gasteiger partial charge in [-0.3, -0.25) is 4.79 Å². The monoisotopic (exact) mass is 204 g/mol. The van der Waals surface area contributed by atoms with Crippen LogP contribution in [0.15, 0.2) is 24.3 Å². The third-order valence-corrected chi connectivity index (χ3v) is 2.51. The van der Waals surface area contributed by atoms with E-state index in [0.717, 1.165) is 11.1 Å². The van der Waals surface area contributed by atoms with E-state index in [1.165, 1.54) is 0 Å². The summed E-state index contributed by atoms with van der Waals surface area (Å²) in [5.74, 6) is 0.595. The van der Waals surface area contributed by atoms with Gasteiger partial charge in [0.25, 0.3) is 0 Å². The minimum atomic E-state index is -0.0602. The Morgan fingerprint density at radius 2 is 1.93 bits per heavy atom. The Morgan fingerprint density at radius 3 is 2.40 bits per heavy atom. The number of methoxy groups -OCH3 is 1. The summed E-state index contributed by atoms with van der Waals surface area (Å²) >= 11 is 0. The third-order valence-electron chi connectivity index (χ3n) is 2.51. The molecule has 0 spiro atoms. The smallest absolute Gasteiger partial charge is 0.191 e. The molecule has 0 saturated heterocycles. The molecule has 0 heterocycles. The van der Waals surface area contributed by atoms with Crippen molar-refractivity contribution in [3.05, 3.63) is 41.0 Å². The van der Waals surface area contributed by atoms with E-state index in [1.807, 2.05) is 19.9 Å². The highest BCUT2D eigenvalue weighted by atomic mass is 16.5. The van der Waals surface area contributed by atoms with Gasteiger partial charge in [0.2, 0.25) is 0 Å². The number of Topliss-reactive ketones (excluding diaryl/α,β-unsaturated/α-hetero) is 1. The lowest BCUT2D eigenvalue weighted by Crippen LogP contribution is -2.04. The van der Waals surface area contributed by atoms with Crippen molar-refractivity contribution >= 4 is 5.78 Å². The molecule has 0 unspecified atom stereocenters. The molecule has 0 radical (unpaired) electrons.